The number of carbonyl (C=O) groups is 1. The van der Waals surface area contributed by atoms with Gasteiger partial charge in [-0.2, -0.15) is 0 Å². The number of para-hydroxylation sites is 2. The monoisotopic (exact) mass is 358 g/mol. The van der Waals surface area contributed by atoms with Crippen molar-refractivity contribution in [3.63, 3.8) is 0 Å². The first-order chi connectivity index (χ1) is 12.2. The quantitative estimate of drug-likeness (QED) is 0.561. The topological polar surface area (TPSA) is 59.6 Å². The van der Waals surface area contributed by atoms with Crippen molar-refractivity contribution in [3.8, 4) is 5.75 Å². The number of benzene rings is 2. The zero-order valence-corrected chi connectivity index (χ0v) is 15.0. The summed E-state index contributed by atoms with van der Waals surface area (Å²) in [7, 11) is 0. The third-order valence-corrected chi connectivity index (χ3v) is 3.49. The van der Waals surface area contributed by atoms with Crippen LogP contribution < -0.4 is 15.4 Å². The minimum Gasteiger partial charge on any atom is -0.489 e. The number of hydrogen-bond acceptors (Lipinski definition) is 4. The Morgan fingerprint density at radius 2 is 1.76 bits per heavy atom. The molecule has 0 bridgehead atoms. The van der Waals surface area contributed by atoms with Crippen LogP contribution in [-0.2, 0) is 16.0 Å². The second-order valence-electron chi connectivity index (χ2n) is 5.21. The van der Waals surface area contributed by atoms with E-state index in [1.165, 1.54) is 0 Å². The van der Waals surface area contributed by atoms with Crippen molar-refractivity contribution in [3.05, 3.63) is 60.2 Å². The summed E-state index contributed by atoms with van der Waals surface area (Å²) >= 11 is 5.22. The molecule has 2 aromatic carbocycles. The molecule has 0 aliphatic carbocycles. The molecule has 0 heterocycles. The first-order valence-electron chi connectivity index (χ1n) is 8.13. The summed E-state index contributed by atoms with van der Waals surface area (Å²) in [4.78, 5) is 12.1. The van der Waals surface area contributed by atoms with Crippen molar-refractivity contribution in [2.75, 3.05) is 25.1 Å². The van der Waals surface area contributed by atoms with E-state index in [0.29, 0.717) is 31.3 Å². The lowest BCUT2D eigenvalue weighted by Crippen LogP contribution is -2.35. The van der Waals surface area contributed by atoms with Gasteiger partial charge in [0.1, 0.15) is 12.4 Å². The SMILES string of the molecule is CCOCCOc1ccccc1NC(=S)NC(=O)Cc1ccccc1. The maximum absolute atomic E-state index is 12.1. The van der Waals surface area contributed by atoms with Crippen LogP contribution in [0.2, 0.25) is 0 Å². The Labute approximate surface area is 153 Å². The van der Waals surface area contributed by atoms with Gasteiger partial charge in [0.25, 0.3) is 0 Å². The lowest BCUT2D eigenvalue weighted by atomic mass is 10.1. The Hall–Kier alpha value is -2.44. The van der Waals surface area contributed by atoms with E-state index in [2.05, 4.69) is 10.6 Å². The molecule has 132 valence electrons. The molecule has 0 aromatic heterocycles. The van der Waals surface area contributed by atoms with Crippen LogP contribution in [0.4, 0.5) is 5.69 Å². The molecule has 0 atom stereocenters. The Kier molecular flexibility index (Phi) is 7.88. The lowest BCUT2D eigenvalue weighted by molar-refractivity contribution is -0.119. The summed E-state index contributed by atoms with van der Waals surface area (Å²) in [6.07, 6.45) is 0.273. The molecule has 0 radical (unpaired) electrons. The molecule has 2 aromatic rings. The van der Waals surface area contributed by atoms with Gasteiger partial charge < -0.3 is 20.1 Å². The van der Waals surface area contributed by atoms with Gasteiger partial charge in [0, 0.05) is 6.61 Å². The first-order valence-corrected chi connectivity index (χ1v) is 8.54. The van der Waals surface area contributed by atoms with Gasteiger partial charge in [-0.05, 0) is 36.8 Å². The average molecular weight is 358 g/mol. The summed E-state index contributed by atoms with van der Waals surface area (Å²) in [6.45, 7) is 3.55. The summed E-state index contributed by atoms with van der Waals surface area (Å²) in [5, 5.41) is 5.92. The highest BCUT2D eigenvalue weighted by atomic mass is 32.1. The molecule has 1 amide bonds. The Morgan fingerprint density at radius 1 is 1.04 bits per heavy atom. The van der Waals surface area contributed by atoms with E-state index in [-0.39, 0.29) is 17.4 Å². The van der Waals surface area contributed by atoms with Crippen molar-refractivity contribution in [1.29, 1.82) is 0 Å². The van der Waals surface area contributed by atoms with E-state index < -0.39 is 0 Å². The lowest BCUT2D eigenvalue weighted by Gasteiger charge is -2.14. The van der Waals surface area contributed by atoms with Gasteiger partial charge in [0.05, 0.1) is 18.7 Å². The summed E-state index contributed by atoms with van der Waals surface area (Å²) in [6, 6.07) is 16.9. The second-order valence-corrected chi connectivity index (χ2v) is 5.61. The number of thiocarbonyl (C=S) groups is 1. The van der Waals surface area contributed by atoms with E-state index in [4.69, 9.17) is 21.7 Å². The fourth-order valence-electron chi connectivity index (χ4n) is 2.16. The van der Waals surface area contributed by atoms with Crippen LogP contribution in [0.15, 0.2) is 54.6 Å². The molecular formula is C19H22N2O3S. The standard InChI is InChI=1S/C19H22N2O3S/c1-2-23-12-13-24-17-11-7-6-10-16(17)20-19(25)21-18(22)14-15-8-4-3-5-9-15/h3-11H,2,12-14H2,1H3,(H2,20,21,22,25). The Bertz CT molecular complexity index is 692. The van der Waals surface area contributed by atoms with Crippen molar-refractivity contribution >= 4 is 28.9 Å². The minimum atomic E-state index is -0.168. The molecule has 2 rings (SSSR count). The highest BCUT2D eigenvalue weighted by Crippen LogP contribution is 2.23. The molecule has 0 unspecified atom stereocenters. The maximum Gasteiger partial charge on any atom is 0.230 e. The van der Waals surface area contributed by atoms with E-state index in [1.807, 2.05) is 61.5 Å². The van der Waals surface area contributed by atoms with E-state index in [1.54, 1.807) is 0 Å². The van der Waals surface area contributed by atoms with Gasteiger partial charge in [0.2, 0.25) is 5.91 Å². The normalized spacial score (nSPS) is 10.1. The number of carbonyl (C=O) groups excluding carboxylic acids is 1. The van der Waals surface area contributed by atoms with Crippen LogP contribution in [0, 0.1) is 0 Å². The van der Waals surface area contributed by atoms with Gasteiger partial charge in [-0.3, -0.25) is 4.79 Å². The third kappa shape index (κ3) is 6.91. The molecule has 25 heavy (non-hydrogen) atoms. The van der Waals surface area contributed by atoms with Crippen molar-refractivity contribution in [2.24, 2.45) is 0 Å². The molecule has 6 heteroatoms. The summed E-state index contributed by atoms with van der Waals surface area (Å²) < 4.78 is 10.9. The number of nitrogens with one attached hydrogen (secondary N) is 2. The predicted molar refractivity (Wildman–Crippen MR) is 103 cm³/mol. The zero-order valence-electron chi connectivity index (χ0n) is 14.2. The largest absolute Gasteiger partial charge is 0.489 e. The van der Waals surface area contributed by atoms with Crippen LogP contribution in [-0.4, -0.2) is 30.8 Å². The number of hydrogen-bond donors (Lipinski definition) is 2. The molecule has 5 nitrogen and oxygen atoms in total. The van der Waals surface area contributed by atoms with Gasteiger partial charge >= 0.3 is 0 Å². The number of amides is 1. The molecule has 0 saturated heterocycles. The van der Waals surface area contributed by atoms with Crippen molar-refractivity contribution in [1.82, 2.24) is 5.32 Å². The fraction of sp³-hybridized carbons (Fsp3) is 0.263. The van der Waals surface area contributed by atoms with E-state index >= 15 is 0 Å². The summed E-state index contributed by atoms with van der Waals surface area (Å²) in [5.74, 6) is 0.486. The molecule has 0 aliphatic heterocycles. The zero-order chi connectivity index (χ0) is 17.9. The van der Waals surface area contributed by atoms with Gasteiger partial charge in [-0.1, -0.05) is 42.5 Å². The molecule has 2 N–H and O–H groups in total. The highest BCUT2D eigenvalue weighted by Gasteiger charge is 2.09. The summed E-state index contributed by atoms with van der Waals surface area (Å²) in [5.41, 5.74) is 1.63. The van der Waals surface area contributed by atoms with Crippen molar-refractivity contribution < 1.29 is 14.3 Å². The van der Waals surface area contributed by atoms with E-state index in [9.17, 15) is 4.79 Å². The molecule has 0 saturated carbocycles. The molecular weight excluding hydrogens is 336 g/mol. The van der Waals surface area contributed by atoms with Crippen LogP contribution in [0.5, 0.6) is 5.75 Å². The first kappa shape index (κ1) is 18.9. The van der Waals surface area contributed by atoms with Gasteiger partial charge in [0.15, 0.2) is 5.11 Å². The second kappa shape index (κ2) is 10.4. The maximum atomic E-state index is 12.1. The van der Waals surface area contributed by atoms with Crippen LogP contribution in [0.1, 0.15) is 12.5 Å². The van der Waals surface area contributed by atoms with Gasteiger partial charge in [-0.15, -0.1) is 0 Å². The predicted octanol–water partition coefficient (Wildman–Crippen LogP) is 3.16. The van der Waals surface area contributed by atoms with E-state index in [0.717, 1.165) is 5.56 Å². The van der Waals surface area contributed by atoms with Crippen molar-refractivity contribution in [2.45, 2.75) is 13.3 Å². The number of anilines is 1. The minimum absolute atomic E-state index is 0.168. The Morgan fingerprint density at radius 3 is 2.52 bits per heavy atom. The van der Waals surface area contributed by atoms with Crippen LogP contribution in [0.25, 0.3) is 0 Å². The molecule has 0 aliphatic rings. The fourth-order valence-corrected chi connectivity index (χ4v) is 2.38. The smallest absolute Gasteiger partial charge is 0.230 e. The van der Waals surface area contributed by atoms with Crippen LogP contribution in [0.3, 0.4) is 0 Å². The van der Waals surface area contributed by atoms with Gasteiger partial charge in [-0.25, -0.2) is 0 Å². The molecule has 0 fully saturated rings. The Balaban J connectivity index is 1.86. The number of rotatable bonds is 8. The highest BCUT2D eigenvalue weighted by molar-refractivity contribution is 7.80. The molecule has 0 spiro atoms. The third-order valence-electron chi connectivity index (χ3n) is 3.29. The van der Waals surface area contributed by atoms with Crippen LogP contribution >= 0.6 is 12.2 Å². The average Bonchev–Trinajstić information content (AvgIpc) is 2.60. The number of ether oxygens (including phenoxy) is 2.